The molecule has 0 aromatic heterocycles. The van der Waals surface area contributed by atoms with E-state index in [1.807, 2.05) is 48.5 Å². The van der Waals surface area contributed by atoms with Gasteiger partial charge in [0, 0.05) is 37.8 Å². The molecule has 0 amide bonds. The first-order valence-corrected chi connectivity index (χ1v) is 46.2. The van der Waals surface area contributed by atoms with E-state index >= 15 is 0 Å². The molecule has 0 saturated carbocycles. The summed E-state index contributed by atoms with van der Waals surface area (Å²) in [6.07, 6.45) is 63.7. The molecule has 0 spiro atoms. The molecule has 696 valence electrons. The summed E-state index contributed by atoms with van der Waals surface area (Å²) in [4.78, 5) is 56.9. The summed E-state index contributed by atoms with van der Waals surface area (Å²) in [7, 11) is 3.06. The Kier molecular flexibility index (Phi) is 61.7. The molecule has 0 atom stereocenters. The van der Waals surface area contributed by atoms with Crippen LogP contribution in [0.2, 0.25) is 0 Å². The Balaban J connectivity index is 0.000000579. The van der Waals surface area contributed by atoms with Crippen LogP contribution in [0.4, 0.5) is 0 Å². The second kappa shape index (κ2) is 69.5. The molecule has 128 heavy (non-hydrogen) atoms. The first-order chi connectivity index (χ1) is 61.3. The van der Waals surface area contributed by atoms with Crippen molar-refractivity contribution >= 4 is 30.8 Å². The molecule has 12 nitrogen and oxygen atoms in total. The van der Waals surface area contributed by atoms with Gasteiger partial charge in [0.15, 0.2) is 13.6 Å². The number of phenols is 1. The molecule has 0 bridgehead atoms. The molecule has 0 saturated heterocycles. The average Bonchev–Trinajstić information content (AvgIpc) is 0.847. The van der Waals surface area contributed by atoms with Crippen molar-refractivity contribution in [2.75, 3.05) is 27.8 Å². The van der Waals surface area contributed by atoms with Gasteiger partial charge in [-0.15, -0.1) is 0 Å². The van der Waals surface area contributed by atoms with E-state index in [9.17, 15) is 29.1 Å². The molecule has 0 aliphatic heterocycles. The van der Waals surface area contributed by atoms with Crippen molar-refractivity contribution in [2.24, 2.45) is 0 Å². The summed E-state index contributed by atoms with van der Waals surface area (Å²) in [6, 6.07) is 31.2. The van der Waals surface area contributed by atoms with Gasteiger partial charge >= 0.3 is 11.9 Å². The van der Waals surface area contributed by atoms with Gasteiger partial charge in [-0.2, -0.15) is 0 Å². The van der Waals surface area contributed by atoms with Crippen molar-refractivity contribution in [2.45, 2.75) is 312 Å². The Bertz CT molecular complexity index is 4650. The van der Waals surface area contributed by atoms with Crippen LogP contribution in [0.25, 0.3) is 0 Å². The van der Waals surface area contributed by atoms with Gasteiger partial charge < -0.3 is 33.5 Å². The molecule has 0 aliphatic rings. The van der Waals surface area contributed by atoms with Crippen LogP contribution in [0.15, 0.2) is 278 Å². The summed E-state index contributed by atoms with van der Waals surface area (Å²) in [6.45, 7) is 43.3. The molecule has 5 aromatic carbocycles. The number of ether oxygens (including phenoxy) is 6. The van der Waals surface area contributed by atoms with Crippen molar-refractivity contribution in [1.82, 2.24) is 0 Å². The first-order valence-electron chi connectivity index (χ1n) is 46.2. The van der Waals surface area contributed by atoms with E-state index in [0.717, 1.165) is 212 Å². The fourth-order valence-corrected chi connectivity index (χ4v) is 13.4. The van der Waals surface area contributed by atoms with E-state index in [-0.39, 0.29) is 19.3 Å². The van der Waals surface area contributed by atoms with Gasteiger partial charge in [-0.1, -0.05) is 205 Å². The SMILES string of the molecule is CC(C)=CCC/C(C)=C/CC/C(C)=C/CC/C(C)=C/Cc1cc(C=O)ccc1O.CC(C)=CCC/C(C)=C/CC/C(C)=C/Cc1cc(C=O)ccc1OCc1ccccc1.COCOC(=O)c1ccc(OC(C)=O)c(C/C=C(\C)CC/C=C(\C)CC/C=C(\C)CCC=C(C)C)c1.COCOc1ccc(C=O)cc1C/C=C(\C)CC/C=C(\C)CC/C=C(\C)CCC=C(C)C. The predicted molar refractivity (Wildman–Crippen MR) is 541 cm³/mol. The average molecular weight is 1750 g/mol. The van der Waals surface area contributed by atoms with Gasteiger partial charge in [0.2, 0.25) is 0 Å². The molecule has 0 radical (unpaired) electrons. The van der Waals surface area contributed by atoms with Crippen LogP contribution in [-0.2, 0) is 51.3 Å². The summed E-state index contributed by atoms with van der Waals surface area (Å²) < 4.78 is 31.9. The molecule has 5 rings (SSSR count). The van der Waals surface area contributed by atoms with Gasteiger partial charge in [0.25, 0.3) is 0 Å². The normalized spacial score (nSPS) is 12.4. The number of allylic oxidation sites excluding steroid dienone is 30. The number of phenolic OH excluding ortho intramolecular Hbond substituents is 1. The lowest BCUT2D eigenvalue weighted by Gasteiger charge is -2.12. The topological polar surface area (TPSA) is 161 Å². The fraction of sp³-hybridized carbons (Fsp3) is 0.440. The van der Waals surface area contributed by atoms with Crippen LogP contribution in [0.1, 0.15) is 349 Å². The molecule has 5 aromatic rings. The second-order valence-electron chi connectivity index (χ2n) is 35.0. The standard InChI is InChI=1S/C31H44O5.C29H42O3.C29H36O2.C27H38O2/c1-23(2)11-8-12-24(3)13-9-14-25(4)15-10-16-26(5)17-18-28-21-29(31(33)35-22-34-7)19-20-30(28)36-27(6)32;1-23(2)10-7-11-24(3)12-8-13-25(4)14-9-15-26(5)16-18-28-20-27(21-30)17-19-29(28)32-22-31-6;1-23(2)10-8-11-24(3)12-9-13-25(4)16-18-28-20-27(21-30)17-19-29(28)31-22-26-14-6-5-7-15-26;1-21(2)9-6-10-22(3)11-7-12-23(4)13-8-14-24(5)15-17-26-19-25(20-28)16-18-27(26)29/h11,13,15,17,19-21H,8-10,12,14,16,18,22H2,1-7H3;10,12,14,16-17,19-21H,7-9,11,13,15,18,22H2,1-6H3;5-7,10,12,14-17,19-21H,8-9,11,13,18,22H2,1-4H3;9,11,13,15-16,18-20,29H,6-8,10,12,14,17H2,1-5H3/b24-13+,25-15+,26-17+;24-12+,25-14+,26-16+;24-12+,25-16+;22-11+,23-13+,24-15+. The van der Waals surface area contributed by atoms with Gasteiger partial charge in [-0.05, 0) is 399 Å². The lowest BCUT2D eigenvalue weighted by molar-refractivity contribution is -0.131. The highest BCUT2D eigenvalue weighted by molar-refractivity contribution is 5.90. The number of esters is 2. The number of methoxy groups -OCH3 is 2. The Hall–Kier alpha value is -10.5. The lowest BCUT2D eigenvalue weighted by Crippen LogP contribution is -2.09. The Labute approximate surface area is 774 Å². The number of hydrogen-bond donors (Lipinski definition) is 1. The van der Waals surface area contributed by atoms with Crippen molar-refractivity contribution in [1.29, 1.82) is 0 Å². The first kappa shape index (κ1) is 114. The highest BCUT2D eigenvalue weighted by Gasteiger charge is 2.15. The number of rotatable bonds is 54. The monoisotopic (exact) mass is 1750 g/mol. The van der Waals surface area contributed by atoms with Crippen LogP contribution >= 0.6 is 0 Å². The minimum atomic E-state index is -0.480. The van der Waals surface area contributed by atoms with Gasteiger partial charge in [0.05, 0.1) is 5.56 Å². The number of carbonyl (C=O) groups is 5. The maximum Gasteiger partial charge on any atom is 0.340 e. The molecule has 0 unspecified atom stereocenters. The van der Waals surface area contributed by atoms with E-state index in [0.29, 0.717) is 47.5 Å². The van der Waals surface area contributed by atoms with E-state index in [2.05, 4.69) is 235 Å². The summed E-state index contributed by atoms with van der Waals surface area (Å²) in [5, 5.41) is 9.92. The largest absolute Gasteiger partial charge is 0.508 e. The van der Waals surface area contributed by atoms with Crippen molar-refractivity contribution in [3.05, 3.63) is 328 Å². The van der Waals surface area contributed by atoms with E-state index in [1.54, 1.807) is 49.6 Å². The number of aldehydes is 3. The van der Waals surface area contributed by atoms with Crippen LogP contribution in [0.5, 0.6) is 23.0 Å². The number of hydrogen-bond acceptors (Lipinski definition) is 12. The maximum absolute atomic E-state index is 12.2. The third-order valence-electron chi connectivity index (χ3n) is 21.4. The van der Waals surface area contributed by atoms with Crippen molar-refractivity contribution < 1.29 is 57.5 Å². The Morgan fingerprint density at radius 3 is 0.891 bits per heavy atom. The minimum Gasteiger partial charge on any atom is -0.508 e. The second-order valence-corrected chi connectivity index (χ2v) is 35.0. The molecule has 0 fully saturated rings. The zero-order chi connectivity index (χ0) is 94.8. The van der Waals surface area contributed by atoms with Crippen molar-refractivity contribution in [3.63, 3.8) is 0 Å². The van der Waals surface area contributed by atoms with Crippen LogP contribution in [0.3, 0.4) is 0 Å². The van der Waals surface area contributed by atoms with Crippen molar-refractivity contribution in [3.8, 4) is 23.0 Å². The molecule has 0 heterocycles. The lowest BCUT2D eigenvalue weighted by atomic mass is 10.0. The highest BCUT2D eigenvalue weighted by Crippen LogP contribution is 2.29. The highest BCUT2D eigenvalue weighted by atomic mass is 16.7. The van der Waals surface area contributed by atoms with E-state index in [1.165, 1.54) is 97.6 Å². The molecular weight excluding hydrogens is 1590 g/mol. The third kappa shape index (κ3) is 57.3. The zero-order valence-electron chi connectivity index (χ0n) is 82.7. The van der Waals surface area contributed by atoms with Crippen LogP contribution < -0.4 is 14.2 Å². The summed E-state index contributed by atoms with van der Waals surface area (Å²) in [5.74, 6) is 1.43. The van der Waals surface area contributed by atoms with Crippen LogP contribution in [-0.4, -0.2) is 63.7 Å². The number of benzene rings is 5. The predicted octanol–water partition coefficient (Wildman–Crippen LogP) is 32.2. The molecular formula is C116H160O12. The molecule has 0 aliphatic carbocycles. The van der Waals surface area contributed by atoms with Gasteiger partial charge in [-0.25, -0.2) is 4.79 Å². The number of aromatic hydroxyl groups is 1. The Morgan fingerprint density at radius 2 is 0.578 bits per heavy atom. The van der Waals surface area contributed by atoms with Gasteiger partial charge in [-0.3, -0.25) is 19.2 Å². The summed E-state index contributed by atoms with van der Waals surface area (Å²) in [5.41, 5.74) is 28.1. The minimum absolute atomic E-state index is 0.113. The Morgan fingerprint density at radius 1 is 0.297 bits per heavy atom. The van der Waals surface area contributed by atoms with E-state index in [4.69, 9.17) is 28.4 Å². The maximum atomic E-state index is 12.2. The number of carbonyl (C=O) groups excluding carboxylic acids is 5. The smallest absolute Gasteiger partial charge is 0.340 e. The van der Waals surface area contributed by atoms with E-state index < -0.39 is 11.9 Å². The molecule has 1 N–H and O–H groups in total. The fourth-order valence-electron chi connectivity index (χ4n) is 13.4. The zero-order valence-corrected chi connectivity index (χ0v) is 82.7. The molecule has 12 heteroatoms. The van der Waals surface area contributed by atoms with Gasteiger partial charge in [0.1, 0.15) is 48.5 Å². The quantitative estimate of drug-likeness (QED) is 0.0129. The van der Waals surface area contributed by atoms with Crippen LogP contribution in [0, 0.1) is 0 Å². The third-order valence-corrected chi connectivity index (χ3v) is 21.4. The summed E-state index contributed by atoms with van der Waals surface area (Å²) >= 11 is 0.